The Hall–Kier alpha value is -5.26. The molecule has 0 spiro atoms. The van der Waals surface area contributed by atoms with Gasteiger partial charge < -0.3 is 0 Å². The fourth-order valence-electron chi connectivity index (χ4n) is 8.14. The minimum Gasteiger partial charge on any atom is -0.185 e. The number of aromatic nitrogens is 1. The fourth-order valence-corrected chi connectivity index (χ4v) is 10.7. The van der Waals surface area contributed by atoms with Crippen LogP contribution in [0.4, 0.5) is 0 Å². The molecular formula is C43H27N2S2+. The monoisotopic (exact) mass is 635 g/mol. The van der Waals surface area contributed by atoms with E-state index in [-0.39, 0.29) is 6.04 Å². The Bertz CT molecular complexity index is 2840. The van der Waals surface area contributed by atoms with Crippen LogP contribution in [0.25, 0.3) is 79.0 Å². The first-order valence-corrected chi connectivity index (χ1v) is 17.8. The van der Waals surface area contributed by atoms with Crippen molar-refractivity contribution < 1.29 is 5.01 Å². The summed E-state index contributed by atoms with van der Waals surface area (Å²) in [6, 6.07) is 47.2. The lowest BCUT2D eigenvalue weighted by molar-refractivity contribution is -0.899. The molecule has 47 heavy (non-hydrogen) atoms. The molecule has 0 fully saturated rings. The van der Waals surface area contributed by atoms with E-state index < -0.39 is 0 Å². The number of hydrogen-bond donors (Lipinski definition) is 1. The molecule has 4 heterocycles. The quantitative estimate of drug-likeness (QED) is 0.198. The second-order valence-corrected chi connectivity index (χ2v) is 14.7. The largest absolute Gasteiger partial charge is 0.185 e. The lowest BCUT2D eigenvalue weighted by Gasteiger charge is -2.40. The Morgan fingerprint density at radius 3 is 1.96 bits per heavy atom. The summed E-state index contributed by atoms with van der Waals surface area (Å²) in [6.07, 6.45) is 9.12. The first-order valence-electron chi connectivity index (χ1n) is 16.2. The number of hydrogen-bond acceptors (Lipinski definition) is 2. The van der Waals surface area contributed by atoms with Gasteiger partial charge in [-0.3, -0.25) is 0 Å². The van der Waals surface area contributed by atoms with Crippen LogP contribution in [-0.2, 0) is 0 Å². The Balaban J connectivity index is 1.38. The molecular weight excluding hydrogens is 609 g/mol. The lowest BCUT2D eigenvalue weighted by atomic mass is 9.88. The highest BCUT2D eigenvalue weighted by Gasteiger charge is 2.46. The first-order chi connectivity index (χ1) is 23.3. The average Bonchev–Trinajstić information content (AvgIpc) is 3.79. The van der Waals surface area contributed by atoms with Crippen LogP contribution >= 0.6 is 22.7 Å². The van der Waals surface area contributed by atoms with Crippen LogP contribution in [0, 0.1) is 0 Å². The van der Waals surface area contributed by atoms with Crippen molar-refractivity contribution in [3.8, 4) is 11.1 Å². The molecule has 0 saturated carbocycles. The zero-order valence-corrected chi connectivity index (χ0v) is 26.9. The molecule has 0 saturated heterocycles. The van der Waals surface area contributed by atoms with E-state index in [1.807, 2.05) is 22.7 Å². The summed E-state index contributed by atoms with van der Waals surface area (Å²) in [5.41, 5.74) is 9.12. The number of allylic oxidation sites excluding steroid dienone is 2. The van der Waals surface area contributed by atoms with E-state index >= 15 is 0 Å². The molecule has 2 nitrogen and oxygen atoms in total. The minimum absolute atomic E-state index is 0.230. The molecule has 11 rings (SSSR count). The fraction of sp³-hybridized carbons (Fsp3) is 0.0233. The van der Waals surface area contributed by atoms with E-state index in [2.05, 4.69) is 156 Å². The van der Waals surface area contributed by atoms with Gasteiger partial charge in [0, 0.05) is 52.0 Å². The standard InChI is InChI=1S/C43H26N2S2/c1-3-13-26(14-4-1)28-23-24-29-34(25-28)45(44-33-20-10-7-17-30(33)40(44)27-15-5-2-6-16-27)41-37(29)38-31-18-8-11-21-35(31)46-42(38)39-32-19-9-12-22-36(32)47-43(39)41/h1-25,33H/p+1. The third-order valence-corrected chi connectivity index (χ3v) is 12.5. The number of quaternary nitrogens is 1. The van der Waals surface area contributed by atoms with Crippen molar-refractivity contribution in [2.75, 3.05) is 0 Å². The van der Waals surface area contributed by atoms with E-state index in [4.69, 9.17) is 0 Å². The summed E-state index contributed by atoms with van der Waals surface area (Å²) in [5.74, 6) is 0. The van der Waals surface area contributed by atoms with E-state index in [0.717, 1.165) is 0 Å². The summed E-state index contributed by atoms with van der Waals surface area (Å²) in [4.78, 5) is 0. The summed E-state index contributed by atoms with van der Waals surface area (Å²) in [5, 5.41) is 9.54. The van der Waals surface area contributed by atoms with Gasteiger partial charge in [0.1, 0.15) is 11.0 Å². The van der Waals surface area contributed by atoms with Crippen molar-refractivity contribution in [2.24, 2.45) is 0 Å². The molecule has 1 N–H and O–H groups in total. The number of thiophene rings is 2. The molecule has 0 bridgehead atoms. The maximum Gasteiger partial charge on any atom is 0.173 e. The molecule has 2 atom stereocenters. The van der Waals surface area contributed by atoms with Gasteiger partial charge >= 0.3 is 0 Å². The molecule has 0 amide bonds. The predicted octanol–water partition coefficient (Wildman–Crippen LogP) is 10.8. The van der Waals surface area contributed by atoms with Gasteiger partial charge in [0.25, 0.3) is 0 Å². The zero-order valence-electron chi connectivity index (χ0n) is 25.3. The highest BCUT2D eigenvalue weighted by atomic mass is 32.1. The van der Waals surface area contributed by atoms with E-state index in [1.54, 1.807) is 0 Å². The minimum atomic E-state index is 0.230. The molecule has 1 aliphatic carbocycles. The number of nitrogens with zero attached hydrogens (tertiary/aromatic N) is 1. The maximum atomic E-state index is 2.67. The third kappa shape index (κ3) is 3.47. The van der Waals surface area contributed by atoms with Crippen LogP contribution in [0.15, 0.2) is 157 Å². The zero-order chi connectivity index (χ0) is 30.6. The summed E-state index contributed by atoms with van der Waals surface area (Å²) >= 11 is 3.90. The molecule has 0 radical (unpaired) electrons. The van der Waals surface area contributed by atoms with E-state index in [1.165, 1.54) is 95.1 Å². The second kappa shape index (κ2) is 9.63. The Kier molecular flexibility index (Phi) is 5.30. The summed E-state index contributed by atoms with van der Waals surface area (Å²) in [6.45, 7) is 0. The van der Waals surface area contributed by atoms with Crippen molar-refractivity contribution in [3.05, 3.63) is 163 Å². The van der Waals surface area contributed by atoms with Gasteiger partial charge in [-0.25, -0.2) is 0 Å². The summed E-state index contributed by atoms with van der Waals surface area (Å²) in [7, 11) is 0. The van der Waals surface area contributed by atoms with Gasteiger partial charge in [-0.15, -0.1) is 22.7 Å². The predicted molar refractivity (Wildman–Crippen MR) is 202 cm³/mol. The van der Waals surface area contributed by atoms with Crippen LogP contribution in [-0.4, -0.2) is 10.7 Å². The molecule has 4 heteroatoms. The second-order valence-electron chi connectivity index (χ2n) is 12.6. The van der Waals surface area contributed by atoms with Gasteiger partial charge in [0.15, 0.2) is 11.7 Å². The Labute approximate surface area is 279 Å². The van der Waals surface area contributed by atoms with Crippen LogP contribution in [0.1, 0.15) is 5.56 Å². The van der Waals surface area contributed by atoms with Crippen LogP contribution in [0.5, 0.6) is 0 Å². The van der Waals surface area contributed by atoms with Crippen molar-refractivity contribution in [1.82, 2.24) is 4.68 Å². The number of fused-ring (bicyclic) bond motifs is 13. The normalized spacial score (nSPS) is 17.5. The lowest BCUT2D eigenvalue weighted by Crippen LogP contribution is -3.20. The molecule has 3 aromatic heterocycles. The highest BCUT2D eigenvalue weighted by Crippen LogP contribution is 2.51. The van der Waals surface area contributed by atoms with Crippen LogP contribution in [0.3, 0.4) is 0 Å². The highest BCUT2D eigenvalue weighted by molar-refractivity contribution is 7.30. The molecule has 9 aromatic rings. The molecule has 220 valence electrons. The maximum absolute atomic E-state index is 2.67. The molecule has 1 aliphatic heterocycles. The van der Waals surface area contributed by atoms with Gasteiger partial charge in [0.05, 0.1) is 10.3 Å². The SMILES string of the molecule is C1=CC2=C(c3ccccc3)[NH+](n3c4cc(-c5ccccc5)ccc4c4c5c6ccccc6sc5c5c6ccccc6sc5c43)C2C=C1. The molecule has 6 aromatic carbocycles. The smallest absolute Gasteiger partial charge is 0.173 e. The first kappa shape index (κ1) is 25.9. The average molecular weight is 636 g/mol. The number of benzene rings is 6. The van der Waals surface area contributed by atoms with Gasteiger partial charge in [-0.2, -0.15) is 9.69 Å². The van der Waals surface area contributed by atoms with Gasteiger partial charge in [-0.05, 0) is 53.6 Å². The third-order valence-electron chi connectivity index (χ3n) is 10.1. The van der Waals surface area contributed by atoms with Crippen molar-refractivity contribution in [1.29, 1.82) is 0 Å². The summed E-state index contributed by atoms with van der Waals surface area (Å²) < 4.78 is 8.13. The van der Waals surface area contributed by atoms with Crippen molar-refractivity contribution in [3.63, 3.8) is 0 Å². The van der Waals surface area contributed by atoms with Crippen molar-refractivity contribution in [2.45, 2.75) is 6.04 Å². The molecule has 2 unspecified atom stereocenters. The van der Waals surface area contributed by atoms with Crippen molar-refractivity contribution >= 4 is 90.5 Å². The molecule has 2 aliphatic rings. The van der Waals surface area contributed by atoms with E-state index in [9.17, 15) is 0 Å². The number of rotatable bonds is 3. The van der Waals surface area contributed by atoms with Gasteiger partial charge in [-0.1, -0.05) is 109 Å². The number of nitrogens with one attached hydrogen (secondary N) is 1. The Morgan fingerprint density at radius 2 is 1.19 bits per heavy atom. The van der Waals surface area contributed by atoms with Gasteiger partial charge in [0.2, 0.25) is 0 Å². The Morgan fingerprint density at radius 1 is 0.532 bits per heavy atom. The topological polar surface area (TPSA) is 9.37 Å². The van der Waals surface area contributed by atoms with E-state index in [0.29, 0.717) is 0 Å². The van der Waals surface area contributed by atoms with Crippen LogP contribution in [0.2, 0.25) is 0 Å². The van der Waals surface area contributed by atoms with Crippen LogP contribution < -0.4 is 5.01 Å².